The third-order valence-electron chi connectivity index (χ3n) is 3.19. The van der Waals surface area contributed by atoms with Crippen molar-refractivity contribution in [3.63, 3.8) is 0 Å². The average Bonchev–Trinajstić information content (AvgIpc) is 2.86. The van der Waals surface area contributed by atoms with E-state index in [4.69, 9.17) is 4.74 Å². The third-order valence-corrected chi connectivity index (χ3v) is 3.97. The molecule has 0 fully saturated rings. The summed E-state index contributed by atoms with van der Waals surface area (Å²) in [5.74, 6) is 0.410. The Kier molecular flexibility index (Phi) is 6.81. The van der Waals surface area contributed by atoms with Crippen LogP contribution in [0.25, 0.3) is 0 Å². The van der Waals surface area contributed by atoms with Crippen LogP contribution in [0.15, 0.2) is 11.6 Å². The molecular formula is C16H28N2O3S. The molecule has 0 aliphatic carbocycles. The Morgan fingerprint density at radius 3 is 2.59 bits per heavy atom. The van der Waals surface area contributed by atoms with Crippen molar-refractivity contribution in [3.05, 3.63) is 16.6 Å². The molecule has 1 rings (SSSR count). The fourth-order valence-corrected chi connectivity index (χ4v) is 3.27. The molecule has 0 aromatic carbocycles. The third kappa shape index (κ3) is 6.75. The second-order valence-electron chi connectivity index (χ2n) is 7.21. The van der Waals surface area contributed by atoms with E-state index < -0.39 is 17.1 Å². The molecule has 2 N–H and O–H groups in total. The fraction of sp³-hybridized carbons (Fsp3) is 0.750. The highest BCUT2D eigenvalue weighted by Crippen LogP contribution is 2.31. The van der Waals surface area contributed by atoms with Crippen molar-refractivity contribution in [2.75, 3.05) is 13.2 Å². The summed E-state index contributed by atoms with van der Waals surface area (Å²) in [6, 6.07) is 0. The normalized spacial score (nSPS) is 14.7. The number of hydrogen-bond acceptors (Lipinski definition) is 5. The van der Waals surface area contributed by atoms with E-state index >= 15 is 0 Å². The monoisotopic (exact) mass is 328 g/mol. The number of aliphatic hydroxyl groups is 1. The molecule has 0 spiro atoms. The quantitative estimate of drug-likeness (QED) is 0.806. The number of rotatable bonds is 7. The van der Waals surface area contributed by atoms with Gasteiger partial charge in [-0.05, 0) is 33.1 Å². The first-order valence-electron chi connectivity index (χ1n) is 7.62. The molecule has 126 valence electrons. The minimum atomic E-state index is -0.528. The average molecular weight is 328 g/mol. The Morgan fingerprint density at radius 2 is 2.14 bits per heavy atom. The minimum absolute atomic E-state index is 0.000553. The molecular weight excluding hydrogens is 300 g/mol. The van der Waals surface area contributed by atoms with Crippen molar-refractivity contribution in [3.8, 4) is 0 Å². The summed E-state index contributed by atoms with van der Waals surface area (Å²) in [5.41, 5.74) is -0.942. The molecule has 0 bridgehead atoms. The maximum atomic E-state index is 11.9. The van der Waals surface area contributed by atoms with E-state index in [-0.39, 0.29) is 6.61 Å². The van der Waals surface area contributed by atoms with Crippen LogP contribution in [-0.4, -0.2) is 34.9 Å². The van der Waals surface area contributed by atoms with E-state index in [9.17, 15) is 9.90 Å². The maximum Gasteiger partial charge on any atom is 0.407 e. The van der Waals surface area contributed by atoms with Crippen molar-refractivity contribution in [1.29, 1.82) is 0 Å². The van der Waals surface area contributed by atoms with Crippen LogP contribution in [-0.2, 0) is 11.2 Å². The van der Waals surface area contributed by atoms with Gasteiger partial charge in [-0.1, -0.05) is 13.8 Å². The predicted octanol–water partition coefficient (Wildman–Crippen LogP) is 3.24. The molecule has 1 aromatic rings. The second kappa shape index (κ2) is 7.92. The number of aliphatic hydroxyl groups excluding tert-OH is 1. The summed E-state index contributed by atoms with van der Waals surface area (Å²) < 4.78 is 5.27. The smallest absolute Gasteiger partial charge is 0.407 e. The number of carbonyl (C=O) groups is 1. The SMILES string of the molecule is CC(C)CC(CO)(CNC(=O)OC(C)(C)C)Cc1nccs1. The highest BCUT2D eigenvalue weighted by Gasteiger charge is 2.33. The Balaban J connectivity index is 2.74. The van der Waals surface area contributed by atoms with E-state index in [0.29, 0.717) is 18.9 Å². The first kappa shape index (κ1) is 18.9. The number of thiazole rings is 1. The summed E-state index contributed by atoms with van der Waals surface area (Å²) >= 11 is 1.57. The molecule has 1 unspecified atom stereocenters. The molecule has 1 amide bonds. The van der Waals surface area contributed by atoms with Crippen LogP contribution in [0.2, 0.25) is 0 Å². The van der Waals surface area contributed by atoms with Crippen LogP contribution in [0.5, 0.6) is 0 Å². The van der Waals surface area contributed by atoms with Gasteiger partial charge in [-0.2, -0.15) is 0 Å². The molecule has 22 heavy (non-hydrogen) atoms. The van der Waals surface area contributed by atoms with Gasteiger partial charge in [0.1, 0.15) is 5.60 Å². The Morgan fingerprint density at radius 1 is 1.45 bits per heavy atom. The topological polar surface area (TPSA) is 71.5 Å². The summed E-state index contributed by atoms with van der Waals surface area (Å²) in [6.07, 6.45) is 2.76. The standard InChI is InChI=1S/C16H28N2O3S/c1-12(2)8-16(11-19,9-13-17-6-7-22-13)10-18-14(20)21-15(3,4)5/h6-7,12,19H,8-11H2,1-5H3,(H,18,20). The Hall–Kier alpha value is -1.14. The number of aromatic nitrogens is 1. The van der Waals surface area contributed by atoms with Crippen molar-refractivity contribution in [2.24, 2.45) is 11.3 Å². The van der Waals surface area contributed by atoms with Gasteiger partial charge in [0.2, 0.25) is 0 Å². The van der Waals surface area contributed by atoms with Gasteiger partial charge in [0.15, 0.2) is 0 Å². The van der Waals surface area contributed by atoms with Crippen LogP contribution >= 0.6 is 11.3 Å². The summed E-state index contributed by atoms with van der Waals surface area (Å²) in [5, 5.41) is 15.7. The summed E-state index contributed by atoms with van der Waals surface area (Å²) in [7, 11) is 0. The molecule has 0 radical (unpaired) electrons. The number of nitrogens with one attached hydrogen (secondary N) is 1. The molecule has 0 aliphatic heterocycles. The lowest BCUT2D eigenvalue weighted by Crippen LogP contribution is -2.44. The molecule has 1 heterocycles. The van der Waals surface area contributed by atoms with Gasteiger partial charge >= 0.3 is 6.09 Å². The number of amides is 1. The van der Waals surface area contributed by atoms with Crippen LogP contribution in [0.3, 0.4) is 0 Å². The molecule has 0 aliphatic rings. The minimum Gasteiger partial charge on any atom is -0.444 e. The van der Waals surface area contributed by atoms with Crippen LogP contribution in [0, 0.1) is 11.3 Å². The van der Waals surface area contributed by atoms with Crippen molar-refractivity contribution in [2.45, 2.75) is 53.1 Å². The summed E-state index contributed by atoms with van der Waals surface area (Å²) in [4.78, 5) is 16.2. The van der Waals surface area contributed by atoms with Gasteiger partial charge in [0, 0.05) is 30.0 Å². The zero-order chi connectivity index (χ0) is 16.8. The van der Waals surface area contributed by atoms with Crippen LogP contribution in [0.4, 0.5) is 4.79 Å². The lowest BCUT2D eigenvalue weighted by molar-refractivity contribution is 0.0440. The number of alkyl carbamates (subject to hydrolysis) is 1. The molecule has 1 atom stereocenters. The lowest BCUT2D eigenvalue weighted by atomic mass is 9.78. The Labute approximate surface area is 137 Å². The Bertz CT molecular complexity index is 454. The van der Waals surface area contributed by atoms with Gasteiger partial charge < -0.3 is 15.2 Å². The molecule has 6 heteroatoms. The van der Waals surface area contributed by atoms with E-state index in [0.717, 1.165) is 11.4 Å². The molecule has 1 aromatic heterocycles. The van der Waals surface area contributed by atoms with Crippen LogP contribution < -0.4 is 5.32 Å². The number of hydrogen-bond donors (Lipinski definition) is 2. The van der Waals surface area contributed by atoms with Crippen molar-refractivity contribution in [1.82, 2.24) is 10.3 Å². The maximum absolute atomic E-state index is 11.9. The zero-order valence-corrected chi connectivity index (χ0v) is 15.0. The van der Waals surface area contributed by atoms with Gasteiger partial charge in [0.25, 0.3) is 0 Å². The number of ether oxygens (including phenoxy) is 1. The van der Waals surface area contributed by atoms with Gasteiger partial charge in [0.05, 0.1) is 11.6 Å². The van der Waals surface area contributed by atoms with Gasteiger partial charge in [-0.25, -0.2) is 9.78 Å². The largest absolute Gasteiger partial charge is 0.444 e. The highest BCUT2D eigenvalue weighted by molar-refractivity contribution is 7.09. The summed E-state index contributed by atoms with van der Waals surface area (Å²) in [6.45, 7) is 10.1. The molecule has 0 saturated heterocycles. The van der Waals surface area contributed by atoms with E-state index in [2.05, 4.69) is 24.1 Å². The van der Waals surface area contributed by atoms with Crippen LogP contribution in [0.1, 0.15) is 46.0 Å². The molecule has 5 nitrogen and oxygen atoms in total. The lowest BCUT2D eigenvalue weighted by Gasteiger charge is -2.33. The first-order valence-corrected chi connectivity index (χ1v) is 8.50. The van der Waals surface area contributed by atoms with Crippen molar-refractivity contribution >= 4 is 17.4 Å². The second-order valence-corrected chi connectivity index (χ2v) is 8.19. The first-order chi connectivity index (χ1) is 10.2. The number of nitrogens with zero attached hydrogens (tertiary/aromatic N) is 1. The zero-order valence-electron chi connectivity index (χ0n) is 14.2. The molecule has 0 saturated carbocycles. The fourth-order valence-electron chi connectivity index (χ4n) is 2.48. The van der Waals surface area contributed by atoms with E-state index in [1.54, 1.807) is 17.5 Å². The number of carbonyl (C=O) groups excluding carboxylic acids is 1. The highest BCUT2D eigenvalue weighted by atomic mass is 32.1. The van der Waals surface area contributed by atoms with Gasteiger partial charge in [-0.15, -0.1) is 11.3 Å². The van der Waals surface area contributed by atoms with E-state index in [1.165, 1.54) is 0 Å². The predicted molar refractivity (Wildman–Crippen MR) is 89.0 cm³/mol. The van der Waals surface area contributed by atoms with Gasteiger partial charge in [-0.3, -0.25) is 0 Å². The van der Waals surface area contributed by atoms with Crippen molar-refractivity contribution < 1.29 is 14.6 Å². The van der Waals surface area contributed by atoms with E-state index in [1.807, 2.05) is 26.2 Å².